The summed E-state index contributed by atoms with van der Waals surface area (Å²) in [6.07, 6.45) is 3.36. The number of hydrogen-bond donors (Lipinski definition) is 0. The van der Waals surface area contributed by atoms with E-state index in [0.717, 1.165) is 12.1 Å². The second-order valence-electron chi connectivity index (χ2n) is 6.74. The summed E-state index contributed by atoms with van der Waals surface area (Å²) in [7, 11) is -3.10. The summed E-state index contributed by atoms with van der Waals surface area (Å²) in [6.45, 7) is 2.04. The lowest BCUT2D eigenvalue weighted by atomic mass is 10.0. The van der Waals surface area contributed by atoms with Crippen LogP contribution in [0.15, 0.2) is 42.7 Å². The Kier molecular flexibility index (Phi) is 4.34. The number of hydrogen-bond acceptors (Lipinski definition) is 7. The number of benzene rings is 1. The summed E-state index contributed by atoms with van der Waals surface area (Å²) in [5, 5.41) is 9.08. The van der Waals surface area contributed by atoms with E-state index >= 15 is 0 Å². The molecule has 26 heavy (non-hydrogen) atoms. The molecule has 0 bridgehead atoms. The summed E-state index contributed by atoms with van der Waals surface area (Å²) in [4.78, 5) is 12.9. The predicted molar refractivity (Wildman–Crippen MR) is 97.2 cm³/mol. The van der Waals surface area contributed by atoms with Gasteiger partial charge in [0.1, 0.15) is 0 Å². The van der Waals surface area contributed by atoms with E-state index in [1.54, 1.807) is 24.5 Å². The molecule has 2 aliphatic heterocycles. The van der Waals surface area contributed by atoms with Crippen molar-refractivity contribution in [1.29, 1.82) is 5.26 Å². The number of aromatic nitrogens is 2. The molecule has 0 amide bonds. The molecule has 1 aromatic heterocycles. The van der Waals surface area contributed by atoms with Gasteiger partial charge in [0, 0.05) is 38.1 Å². The van der Waals surface area contributed by atoms with E-state index in [1.165, 1.54) is 0 Å². The van der Waals surface area contributed by atoms with Gasteiger partial charge >= 0.3 is 0 Å². The Morgan fingerprint density at radius 3 is 2.65 bits per heavy atom. The fourth-order valence-electron chi connectivity index (χ4n) is 3.88. The molecule has 3 heterocycles. The van der Waals surface area contributed by atoms with E-state index < -0.39 is 9.84 Å². The second kappa shape index (κ2) is 6.67. The van der Waals surface area contributed by atoms with Gasteiger partial charge in [0.15, 0.2) is 9.84 Å². The van der Waals surface area contributed by atoms with Crippen LogP contribution in [0.2, 0.25) is 0 Å². The average molecular weight is 369 g/mol. The van der Waals surface area contributed by atoms with Crippen molar-refractivity contribution < 1.29 is 8.42 Å². The lowest BCUT2D eigenvalue weighted by Gasteiger charge is -2.43. The average Bonchev–Trinajstić information content (AvgIpc) is 2.98. The highest BCUT2D eigenvalue weighted by Gasteiger charge is 2.47. The molecule has 0 aliphatic carbocycles. The third-order valence-corrected chi connectivity index (χ3v) is 6.74. The highest BCUT2D eigenvalue weighted by Crippen LogP contribution is 2.30. The van der Waals surface area contributed by atoms with Crippen LogP contribution in [0.5, 0.6) is 0 Å². The third-order valence-electron chi connectivity index (χ3n) is 5.04. The molecule has 134 valence electrons. The van der Waals surface area contributed by atoms with Gasteiger partial charge in [0.2, 0.25) is 5.95 Å². The molecule has 2 aliphatic rings. The largest absolute Gasteiger partial charge is 0.334 e. The molecule has 1 aromatic carbocycles. The highest BCUT2D eigenvalue weighted by molar-refractivity contribution is 7.91. The zero-order valence-electron chi connectivity index (χ0n) is 14.2. The van der Waals surface area contributed by atoms with E-state index in [-0.39, 0.29) is 23.6 Å². The zero-order valence-corrected chi connectivity index (χ0v) is 15.0. The Bertz CT molecular complexity index is 942. The van der Waals surface area contributed by atoms with Crippen LogP contribution < -0.4 is 4.90 Å². The molecule has 2 aromatic rings. The normalized spacial score (nSPS) is 24.8. The van der Waals surface area contributed by atoms with Crippen molar-refractivity contribution in [1.82, 2.24) is 14.9 Å². The van der Waals surface area contributed by atoms with E-state index in [2.05, 4.69) is 20.9 Å². The van der Waals surface area contributed by atoms with Gasteiger partial charge in [-0.1, -0.05) is 12.1 Å². The van der Waals surface area contributed by atoms with E-state index in [4.69, 9.17) is 5.26 Å². The fourth-order valence-corrected chi connectivity index (χ4v) is 5.89. The fraction of sp³-hybridized carbons (Fsp3) is 0.389. The molecule has 0 radical (unpaired) electrons. The van der Waals surface area contributed by atoms with Crippen LogP contribution in [0.25, 0.3) is 0 Å². The molecule has 2 atom stereocenters. The molecular weight excluding hydrogens is 350 g/mol. The molecule has 8 heteroatoms. The number of fused-ring (bicyclic) bond motifs is 1. The van der Waals surface area contributed by atoms with Gasteiger partial charge in [0.25, 0.3) is 0 Å². The standard InChI is InChI=1S/C18H19N5O2S/c19-10-14-3-1-4-15(9-14)11-22-7-8-23(18-20-5-2-6-21-18)17-13-26(24,25)12-16(17)22/h1-6,9,16-17H,7-8,11-13H2/t16-,17+/m0/s1. The van der Waals surface area contributed by atoms with Crippen molar-refractivity contribution in [2.45, 2.75) is 18.6 Å². The highest BCUT2D eigenvalue weighted by atomic mass is 32.2. The lowest BCUT2D eigenvalue weighted by molar-refractivity contribution is 0.159. The number of anilines is 1. The molecule has 0 unspecified atom stereocenters. The number of rotatable bonds is 3. The number of nitrogens with zero attached hydrogens (tertiary/aromatic N) is 5. The van der Waals surface area contributed by atoms with Gasteiger partial charge < -0.3 is 4.90 Å². The number of sulfone groups is 1. The van der Waals surface area contributed by atoms with Crippen LogP contribution in [0.3, 0.4) is 0 Å². The molecule has 7 nitrogen and oxygen atoms in total. The first-order valence-electron chi connectivity index (χ1n) is 8.53. The van der Waals surface area contributed by atoms with Gasteiger partial charge in [-0.15, -0.1) is 0 Å². The van der Waals surface area contributed by atoms with E-state index in [1.807, 2.05) is 23.1 Å². The quantitative estimate of drug-likeness (QED) is 0.792. The van der Waals surface area contributed by atoms with Crippen molar-refractivity contribution >= 4 is 15.8 Å². The predicted octanol–water partition coefficient (Wildman–Crippen LogP) is 0.836. The maximum Gasteiger partial charge on any atom is 0.225 e. The van der Waals surface area contributed by atoms with Crippen LogP contribution in [-0.2, 0) is 16.4 Å². The van der Waals surface area contributed by atoms with Crippen molar-refractivity contribution in [2.75, 3.05) is 29.5 Å². The second-order valence-corrected chi connectivity index (χ2v) is 8.89. The smallest absolute Gasteiger partial charge is 0.225 e. The molecule has 0 spiro atoms. The monoisotopic (exact) mass is 369 g/mol. The lowest BCUT2D eigenvalue weighted by Crippen LogP contribution is -2.59. The van der Waals surface area contributed by atoms with Crippen molar-refractivity contribution in [3.63, 3.8) is 0 Å². The zero-order chi connectivity index (χ0) is 18.1. The van der Waals surface area contributed by atoms with Gasteiger partial charge in [-0.3, -0.25) is 4.90 Å². The molecule has 2 fully saturated rings. The van der Waals surface area contributed by atoms with Crippen LogP contribution >= 0.6 is 0 Å². The first kappa shape index (κ1) is 16.9. The molecular formula is C18H19N5O2S. The van der Waals surface area contributed by atoms with Crippen molar-refractivity contribution in [3.05, 3.63) is 53.9 Å². The topological polar surface area (TPSA) is 90.2 Å². The van der Waals surface area contributed by atoms with Crippen molar-refractivity contribution in [2.24, 2.45) is 0 Å². The van der Waals surface area contributed by atoms with Gasteiger partial charge in [-0.2, -0.15) is 5.26 Å². The summed E-state index contributed by atoms with van der Waals surface area (Å²) < 4.78 is 24.7. The number of nitriles is 1. The maximum absolute atomic E-state index is 12.3. The maximum atomic E-state index is 12.3. The van der Waals surface area contributed by atoms with Gasteiger partial charge in [-0.05, 0) is 23.8 Å². The van der Waals surface area contributed by atoms with Gasteiger partial charge in [-0.25, -0.2) is 18.4 Å². The summed E-state index contributed by atoms with van der Waals surface area (Å²) in [5.41, 5.74) is 1.64. The minimum atomic E-state index is -3.10. The van der Waals surface area contributed by atoms with Crippen LogP contribution in [0.4, 0.5) is 5.95 Å². The van der Waals surface area contributed by atoms with Crippen LogP contribution in [0, 0.1) is 11.3 Å². The summed E-state index contributed by atoms with van der Waals surface area (Å²) in [5.74, 6) is 0.870. The van der Waals surface area contributed by atoms with Crippen LogP contribution in [0.1, 0.15) is 11.1 Å². The third kappa shape index (κ3) is 3.28. The van der Waals surface area contributed by atoms with Crippen molar-refractivity contribution in [3.8, 4) is 6.07 Å². The van der Waals surface area contributed by atoms with E-state index in [0.29, 0.717) is 24.6 Å². The Morgan fingerprint density at radius 2 is 1.88 bits per heavy atom. The molecule has 0 saturated carbocycles. The number of piperazine rings is 1. The minimum Gasteiger partial charge on any atom is -0.334 e. The Labute approximate surface area is 152 Å². The molecule has 0 N–H and O–H groups in total. The first-order chi connectivity index (χ1) is 12.6. The Hall–Kier alpha value is -2.50. The van der Waals surface area contributed by atoms with Crippen LogP contribution in [-0.4, -0.2) is 60.0 Å². The SMILES string of the molecule is N#Cc1cccc(CN2CCN(c3ncccn3)[C@@H]3CS(=O)(=O)C[C@@H]32)c1. The molecule has 2 saturated heterocycles. The molecule has 4 rings (SSSR count). The van der Waals surface area contributed by atoms with Gasteiger partial charge in [0.05, 0.1) is 29.2 Å². The minimum absolute atomic E-state index is 0.0942. The Balaban J connectivity index is 1.60. The Morgan fingerprint density at radius 1 is 1.12 bits per heavy atom. The first-order valence-corrected chi connectivity index (χ1v) is 10.3. The summed E-state index contributed by atoms with van der Waals surface area (Å²) in [6, 6.07) is 11.2. The van der Waals surface area contributed by atoms with E-state index in [9.17, 15) is 8.42 Å². The summed E-state index contributed by atoms with van der Waals surface area (Å²) >= 11 is 0.